The van der Waals surface area contributed by atoms with E-state index in [0.29, 0.717) is 5.56 Å². The van der Waals surface area contributed by atoms with E-state index in [0.717, 1.165) is 85.9 Å². The fraction of sp³-hybridized carbons (Fsp3) is 0.538. The molecule has 1 aromatic heterocycles. The average Bonchev–Trinajstić information content (AvgIpc) is 2.98. The molecule has 248 valence electrons. The zero-order valence-corrected chi connectivity index (χ0v) is 29.6. The van der Waals surface area contributed by atoms with Crippen LogP contribution in [0.1, 0.15) is 98.3 Å². The number of carboxylic acids is 1. The molecular weight excluding hydrogens is 574 g/mol. The summed E-state index contributed by atoms with van der Waals surface area (Å²) in [5, 5.41) is 10.5. The Morgan fingerprint density at radius 3 is 2.30 bits per heavy atom. The molecule has 1 atom stereocenters. The second-order valence-electron chi connectivity index (χ2n) is 15.1. The standard InChI is InChI=1S/C39H53N3O4/c1-24-25(2)32(45-10)14-13-30(24)22-41-18-15-28-21-29(11-12-31(28)23-41)33-26(3)40-27(4)34(36(37(43)44)46-38(5,6)7)35(33)42-19-16-39(8,9)17-20-42/h11-14,21,36H,15-20,22-23H2,1-10H3,(H,43,44). The Morgan fingerprint density at radius 1 is 0.978 bits per heavy atom. The SMILES string of the molecule is COc1ccc(CN2CCc3cc(-c4c(C)nc(C)c(C(OC(C)(C)C)C(=O)O)c4N4CCC(C)(C)CC4)ccc3C2)c(C)c1C. The molecule has 7 heteroatoms. The van der Waals surface area contributed by atoms with Gasteiger partial charge in [-0.05, 0) is 113 Å². The number of hydrogen-bond acceptors (Lipinski definition) is 6. The quantitative estimate of drug-likeness (QED) is 0.270. The van der Waals surface area contributed by atoms with Crippen molar-refractivity contribution >= 4 is 11.7 Å². The highest BCUT2D eigenvalue weighted by molar-refractivity contribution is 5.88. The minimum Gasteiger partial charge on any atom is -0.496 e. The number of nitrogens with zero attached hydrogens (tertiary/aromatic N) is 3. The number of pyridine rings is 1. The maximum absolute atomic E-state index is 12.8. The van der Waals surface area contributed by atoms with Crippen molar-refractivity contribution in [3.63, 3.8) is 0 Å². The van der Waals surface area contributed by atoms with Crippen molar-refractivity contribution in [3.05, 3.63) is 75.1 Å². The van der Waals surface area contributed by atoms with Crippen LogP contribution >= 0.6 is 0 Å². The summed E-state index contributed by atoms with van der Waals surface area (Å²) < 4.78 is 11.8. The van der Waals surface area contributed by atoms with Gasteiger partial charge in [0.1, 0.15) is 5.75 Å². The molecule has 0 spiro atoms. The van der Waals surface area contributed by atoms with Crippen LogP contribution in [-0.2, 0) is 29.0 Å². The molecular formula is C39H53N3O4. The summed E-state index contributed by atoms with van der Waals surface area (Å²) in [7, 11) is 1.73. The van der Waals surface area contributed by atoms with Crippen molar-refractivity contribution in [1.29, 1.82) is 0 Å². The van der Waals surface area contributed by atoms with E-state index < -0.39 is 17.7 Å². The van der Waals surface area contributed by atoms with E-state index in [2.05, 4.69) is 74.8 Å². The van der Waals surface area contributed by atoms with E-state index in [9.17, 15) is 9.90 Å². The van der Waals surface area contributed by atoms with Gasteiger partial charge in [-0.3, -0.25) is 9.88 Å². The average molecular weight is 628 g/mol. The summed E-state index contributed by atoms with van der Waals surface area (Å²) in [5.74, 6) is -0.0462. The zero-order chi connectivity index (χ0) is 33.6. The fourth-order valence-electron chi connectivity index (χ4n) is 7.14. The van der Waals surface area contributed by atoms with Crippen molar-refractivity contribution in [2.24, 2.45) is 5.41 Å². The van der Waals surface area contributed by atoms with Gasteiger partial charge in [0.15, 0.2) is 6.10 Å². The molecule has 5 rings (SSSR count). The van der Waals surface area contributed by atoms with Gasteiger partial charge >= 0.3 is 5.97 Å². The summed E-state index contributed by atoms with van der Waals surface area (Å²) in [6.07, 6.45) is 1.92. The highest BCUT2D eigenvalue weighted by Gasteiger charge is 2.36. The summed E-state index contributed by atoms with van der Waals surface area (Å²) >= 11 is 0. The number of piperidine rings is 1. The molecule has 7 nitrogen and oxygen atoms in total. The number of carbonyl (C=O) groups is 1. The predicted octanol–water partition coefficient (Wildman–Crippen LogP) is 8.12. The summed E-state index contributed by atoms with van der Waals surface area (Å²) in [6.45, 7) is 23.2. The molecule has 2 aliphatic rings. The predicted molar refractivity (Wildman–Crippen MR) is 186 cm³/mol. The van der Waals surface area contributed by atoms with Gasteiger partial charge in [-0.15, -0.1) is 0 Å². The number of ether oxygens (including phenoxy) is 2. The third kappa shape index (κ3) is 7.11. The van der Waals surface area contributed by atoms with Crippen molar-refractivity contribution in [2.45, 2.75) is 106 Å². The third-order valence-corrected chi connectivity index (χ3v) is 10.0. The smallest absolute Gasteiger partial charge is 0.337 e. The van der Waals surface area contributed by atoms with E-state index in [1.165, 1.54) is 27.8 Å². The lowest BCUT2D eigenvalue weighted by atomic mass is 9.81. The van der Waals surface area contributed by atoms with E-state index >= 15 is 0 Å². The molecule has 1 unspecified atom stereocenters. The highest BCUT2D eigenvalue weighted by atomic mass is 16.5. The fourth-order valence-corrected chi connectivity index (χ4v) is 7.14. The molecule has 3 aromatic rings. The van der Waals surface area contributed by atoms with Crippen molar-refractivity contribution in [3.8, 4) is 16.9 Å². The first-order valence-corrected chi connectivity index (χ1v) is 16.7. The molecule has 1 fully saturated rings. The van der Waals surface area contributed by atoms with Gasteiger partial charge in [0.05, 0.1) is 18.4 Å². The van der Waals surface area contributed by atoms with Gasteiger partial charge in [-0.1, -0.05) is 38.1 Å². The molecule has 2 aliphatic heterocycles. The van der Waals surface area contributed by atoms with Crippen LogP contribution in [0.15, 0.2) is 30.3 Å². The molecule has 1 N–H and O–H groups in total. The van der Waals surface area contributed by atoms with Crippen LogP contribution in [0, 0.1) is 33.1 Å². The van der Waals surface area contributed by atoms with E-state index in [1.807, 2.05) is 27.7 Å². The number of anilines is 1. The molecule has 0 radical (unpaired) electrons. The van der Waals surface area contributed by atoms with Gasteiger partial charge in [0.25, 0.3) is 0 Å². The van der Waals surface area contributed by atoms with Gasteiger partial charge in [0.2, 0.25) is 0 Å². The number of aryl methyl sites for hydroxylation is 2. The molecule has 0 saturated carbocycles. The van der Waals surface area contributed by atoms with Crippen LogP contribution in [0.2, 0.25) is 0 Å². The first kappa shape index (κ1) is 33.9. The van der Waals surface area contributed by atoms with Crippen LogP contribution in [0.3, 0.4) is 0 Å². The summed E-state index contributed by atoms with van der Waals surface area (Å²) in [5.41, 5.74) is 11.6. The maximum Gasteiger partial charge on any atom is 0.337 e. The topological polar surface area (TPSA) is 75.1 Å². The molecule has 46 heavy (non-hydrogen) atoms. The second-order valence-corrected chi connectivity index (χ2v) is 15.1. The van der Waals surface area contributed by atoms with Crippen LogP contribution in [-0.4, -0.2) is 53.3 Å². The van der Waals surface area contributed by atoms with Gasteiger partial charge in [0, 0.05) is 55.2 Å². The number of fused-ring (bicyclic) bond motifs is 1. The molecule has 2 aromatic carbocycles. The van der Waals surface area contributed by atoms with Crippen LogP contribution in [0.25, 0.3) is 11.1 Å². The van der Waals surface area contributed by atoms with Gasteiger partial charge in [-0.25, -0.2) is 4.79 Å². The Kier molecular flexibility index (Phi) is 9.59. The molecule has 0 amide bonds. The summed E-state index contributed by atoms with van der Waals surface area (Å²) in [6, 6.07) is 11.1. The normalized spacial score (nSPS) is 17.5. The number of hydrogen-bond donors (Lipinski definition) is 1. The van der Waals surface area contributed by atoms with E-state index in [-0.39, 0.29) is 5.41 Å². The molecule has 1 saturated heterocycles. The monoisotopic (exact) mass is 627 g/mol. The number of benzene rings is 2. The van der Waals surface area contributed by atoms with Gasteiger partial charge < -0.3 is 19.5 Å². The molecule has 0 bridgehead atoms. The Bertz CT molecular complexity index is 1610. The first-order chi connectivity index (χ1) is 21.6. The Hall–Kier alpha value is -3.42. The molecule has 3 heterocycles. The van der Waals surface area contributed by atoms with Gasteiger partial charge in [-0.2, -0.15) is 0 Å². The number of methoxy groups -OCH3 is 1. The van der Waals surface area contributed by atoms with E-state index in [1.54, 1.807) is 7.11 Å². The minimum atomic E-state index is -1.12. The Balaban J connectivity index is 1.54. The third-order valence-electron chi connectivity index (χ3n) is 10.0. The van der Waals surface area contributed by atoms with Crippen LogP contribution < -0.4 is 9.64 Å². The lowest BCUT2D eigenvalue weighted by Crippen LogP contribution is -2.39. The first-order valence-electron chi connectivity index (χ1n) is 16.7. The van der Waals surface area contributed by atoms with Crippen molar-refractivity contribution in [1.82, 2.24) is 9.88 Å². The lowest BCUT2D eigenvalue weighted by molar-refractivity contribution is -0.160. The number of aliphatic carboxylic acids is 1. The number of carboxylic acid groups (broad SMARTS) is 1. The number of aromatic nitrogens is 1. The minimum absolute atomic E-state index is 0.253. The molecule has 0 aliphatic carbocycles. The highest BCUT2D eigenvalue weighted by Crippen LogP contribution is 2.45. The van der Waals surface area contributed by atoms with Crippen LogP contribution in [0.5, 0.6) is 5.75 Å². The zero-order valence-electron chi connectivity index (χ0n) is 29.6. The summed E-state index contributed by atoms with van der Waals surface area (Å²) in [4.78, 5) is 22.7. The van der Waals surface area contributed by atoms with Crippen LogP contribution in [0.4, 0.5) is 5.69 Å². The lowest BCUT2D eigenvalue weighted by Gasteiger charge is -2.41. The second kappa shape index (κ2) is 13.0. The maximum atomic E-state index is 12.8. The largest absolute Gasteiger partial charge is 0.496 e. The van der Waals surface area contributed by atoms with Crippen molar-refractivity contribution in [2.75, 3.05) is 31.6 Å². The number of rotatable bonds is 8. The van der Waals surface area contributed by atoms with E-state index in [4.69, 9.17) is 14.5 Å². The van der Waals surface area contributed by atoms with Crippen molar-refractivity contribution < 1.29 is 19.4 Å². The Labute approximate surface area is 275 Å². The Morgan fingerprint density at radius 2 is 1.67 bits per heavy atom.